The van der Waals surface area contributed by atoms with Crippen LogP contribution in [0.5, 0.6) is 5.75 Å². The number of benzene rings is 2. The van der Waals surface area contributed by atoms with Crippen LogP contribution in [0.25, 0.3) is 11.0 Å². The van der Waals surface area contributed by atoms with Gasteiger partial charge in [0.15, 0.2) is 5.16 Å². The van der Waals surface area contributed by atoms with Crippen molar-refractivity contribution in [3.05, 3.63) is 48.0 Å². The number of sulfonamides is 1. The molecule has 0 spiro atoms. The van der Waals surface area contributed by atoms with Crippen LogP contribution in [-0.2, 0) is 22.7 Å². The van der Waals surface area contributed by atoms with Crippen molar-refractivity contribution < 1.29 is 26.3 Å². The zero-order valence-electron chi connectivity index (χ0n) is 16.0. The minimum Gasteiger partial charge on any atom is -0.493 e. The lowest BCUT2D eigenvalue weighted by molar-refractivity contribution is -0.137. The van der Waals surface area contributed by atoms with Crippen LogP contribution in [0.3, 0.4) is 0 Å². The molecule has 0 atom stereocenters. The van der Waals surface area contributed by atoms with Gasteiger partial charge in [0.25, 0.3) is 0 Å². The summed E-state index contributed by atoms with van der Waals surface area (Å²) in [5.74, 6) is 0.996. The third kappa shape index (κ3) is 5.27. The Hall–Kier alpha value is -2.24. The van der Waals surface area contributed by atoms with Gasteiger partial charge in [-0.15, -0.1) is 0 Å². The molecule has 0 aliphatic rings. The average Bonchev–Trinajstić information content (AvgIpc) is 3.01. The molecule has 0 amide bonds. The number of hydrogen-bond donors (Lipinski definition) is 1. The first-order valence-electron chi connectivity index (χ1n) is 9.05. The number of rotatable bonds is 8. The quantitative estimate of drug-likeness (QED) is 0.401. The van der Waals surface area contributed by atoms with E-state index >= 15 is 0 Å². The molecule has 1 aromatic heterocycles. The van der Waals surface area contributed by atoms with Gasteiger partial charge < -0.3 is 9.30 Å². The first kappa shape index (κ1) is 22.4. The molecule has 0 saturated carbocycles. The zero-order valence-corrected chi connectivity index (χ0v) is 17.6. The van der Waals surface area contributed by atoms with Crippen LogP contribution in [0.4, 0.5) is 13.2 Å². The normalized spacial score (nSPS) is 12.4. The molecule has 0 bridgehead atoms. The van der Waals surface area contributed by atoms with E-state index in [-0.39, 0.29) is 4.90 Å². The largest absolute Gasteiger partial charge is 0.493 e. The van der Waals surface area contributed by atoms with Gasteiger partial charge in [-0.05, 0) is 48.9 Å². The van der Waals surface area contributed by atoms with Crippen LogP contribution < -0.4 is 9.88 Å². The predicted octanol–water partition coefficient (Wildman–Crippen LogP) is 4.28. The Bertz CT molecular complexity index is 1130. The number of imidazole rings is 1. The number of nitrogens with two attached hydrogens (primary N) is 1. The molecule has 0 aliphatic heterocycles. The first-order chi connectivity index (χ1) is 14.1. The Labute approximate surface area is 176 Å². The van der Waals surface area contributed by atoms with Crippen LogP contribution in [0.15, 0.2) is 52.5 Å². The summed E-state index contributed by atoms with van der Waals surface area (Å²) in [6, 6.07) is 9.29. The standard InChI is InChI=1S/C19H20F3N3O3S2/c1-2-9-25-17-12-13(19(20,21)22)3-8-16(17)24-18(25)29-11-10-28-14-4-6-15(7-5-14)30(23,26)27/h3-8,12H,2,9-11H2,1H3,(H2,23,26,27). The number of thioether (sulfide) groups is 1. The second kappa shape index (κ2) is 8.86. The van der Waals surface area contributed by atoms with Gasteiger partial charge in [-0.1, -0.05) is 18.7 Å². The summed E-state index contributed by atoms with van der Waals surface area (Å²) in [6.45, 7) is 2.81. The van der Waals surface area contributed by atoms with Crippen molar-refractivity contribution in [2.24, 2.45) is 5.14 Å². The van der Waals surface area contributed by atoms with E-state index in [1.54, 1.807) is 4.57 Å². The number of hydrogen-bond acceptors (Lipinski definition) is 5. The van der Waals surface area contributed by atoms with Crippen molar-refractivity contribution in [2.45, 2.75) is 36.1 Å². The third-order valence-electron chi connectivity index (χ3n) is 4.22. The number of alkyl halides is 3. The molecule has 162 valence electrons. The van der Waals surface area contributed by atoms with E-state index in [0.717, 1.165) is 18.6 Å². The highest BCUT2D eigenvalue weighted by Crippen LogP contribution is 2.33. The van der Waals surface area contributed by atoms with Gasteiger partial charge in [0.1, 0.15) is 5.75 Å². The van der Waals surface area contributed by atoms with Crippen molar-refractivity contribution in [1.29, 1.82) is 0 Å². The first-order valence-corrected chi connectivity index (χ1v) is 11.6. The predicted molar refractivity (Wildman–Crippen MR) is 109 cm³/mol. The molecule has 0 unspecified atom stereocenters. The summed E-state index contributed by atoms with van der Waals surface area (Å²) in [5, 5.41) is 5.68. The van der Waals surface area contributed by atoms with Crippen molar-refractivity contribution in [3.8, 4) is 5.75 Å². The molecule has 1 heterocycles. The molecular formula is C19H20F3N3O3S2. The third-order valence-corrected chi connectivity index (χ3v) is 6.09. The Morgan fingerprint density at radius 3 is 2.47 bits per heavy atom. The Kier molecular flexibility index (Phi) is 6.63. The van der Waals surface area contributed by atoms with E-state index in [2.05, 4.69) is 4.98 Å². The molecular weight excluding hydrogens is 439 g/mol. The summed E-state index contributed by atoms with van der Waals surface area (Å²) in [7, 11) is -3.76. The number of aromatic nitrogens is 2. The van der Waals surface area contributed by atoms with Crippen molar-refractivity contribution in [1.82, 2.24) is 9.55 Å². The van der Waals surface area contributed by atoms with E-state index in [9.17, 15) is 21.6 Å². The van der Waals surface area contributed by atoms with Gasteiger partial charge >= 0.3 is 6.18 Å². The maximum atomic E-state index is 13.0. The van der Waals surface area contributed by atoms with Crippen LogP contribution in [0.2, 0.25) is 0 Å². The number of aryl methyl sites for hydroxylation is 1. The molecule has 3 aromatic rings. The molecule has 3 rings (SSSR count). The molecule has 11 heteroatoms. The van der Waals surface area contributed by atoms with Gasteiger partial charge in [-0.25, -0.2) is 18.5 Å². The average molecular weight is 460 g/mol. The highest BCUT2D eigenvalue weighted by atomic mass is 32.2. The minimum atomic E-state index is -4.41. The summed E-state index contributed by atoms with van der Waals surface area (Å²) >= 11 is 1.38. The minimum absolute atomic E-state index is 0.00395. The van der Waals surface area contributed by atoms with Crippen LogP contribution in [-0.4, -0.2) is 30.3 Å². The fraction of sp³-hybridized carbons (Fsp3) is 0.316. The SMILES string of the molecule is CCCn1c(SCCOc2ccc(S(N)(=O)=O)cc2)nc2ccc(C(F)(F)F)cc21. The van der Waals surface area contributed by atoms with E-state index in [4.69, 9.17) is 9.88 Å². The van der Waals surface area contributed by atoms with E-state index in [1.807, 2.05) is 6.92 Å². The Balaban J connectivity index is 1.69. The fourth-order valence-electron chi connectivity index (χ4n) is 2.84. The van der Waals surface area contributed by atoms with E-state index in [1.165, 1.54) is 42.1 Å². The number of nitrogens with zero attached hydrogens (tertiary/aromatic N) is 2. The molecule has 6 nitrogen and oxygen atoms in total. The Morgan fingerprint density at radius 1 is 1.17 bits per heavy atom. The molecule has 0 saturated heterocycles. The topological polar surface area (TPSA) is 87.2 Å². The van der Waals surface area contributed by atoms with Gasteiger partial charge in [-0.2, -0.15) is 13.2 Å². The smallest absolute Gasteiger partial charge is 0.416 e. The number of halogens is 3. The molecule has 0 fully saturated rings. The van der Waals surface area contributed by atoms with Crippen LogP contribution in [0.1, 0.15) is 18.9 Å². The van der Waals surface area contributed by atoms with E-state index in [0.29, 0.717) is 40.8 Å². The van der Waals surface area contributed by atoms with Crippen LogP contribution >= 0.6 is 11.8 Å². The zero-order chi connectivity index (χ0) is 21.9. The van der Waals surface area contributed by atoms with Gasteiger partial charge in [0.2, 0.25) is 10.0 Å². The van der Waals surface area contributed by atoms with Crippen molar-refractivity contribution in [2.75, 3.05) is 12.4 Å². The monoisotopic (exact) mass is 459 g/mol. The number of ether oxygens (including phenoxy) is 1. The molecule has 0 aliphatic carbocycles. The lowest BCUT2D eigenvalue weighted by atomic mass is 10.2. The van der Waals surface area contributed by atoms with Gasteiger partial charge in [0, 0.05) is 12.3 Å². The summed E-state index contributed by atoms with van der Waals surface area (Å²) < 4.78 is 69.0. The highest BCUT2D eigenvalue weighted by Gasteiger charge is 2.31. The number of fused-ring (bicyclic) bond motifs is 1. The van der Waals surface area contributed by atoms with Gasteiger partial charge in [-0.3, -0.25) is 0 Å². The summed E-state index contributed by atoms with van der Waals surface area (Å²) in [6.07, 6.45) is -3.66. The molecule has 30 heavy (non-hydrogen) atoms. The lowest BCUT2D eigenvalue weighted by Gasteiger charge is -2.10. The van der Waals surface area contributed by atoms with Crippen molar-refractivity contribution >= 4 is 32.8 Å². The highest BCUT2D eigenvalue weighted by molar-refractivity contribution is 7.99. The fourth-order valence-corrected chi connectivity index (χ4v) is 4.22. The molecule has 0 radical (unpaired) electrons. The van der Waals surface area contributed by atoms with Crippen LogP contribution in [0, 0.1) is 0 Å². The summed E-state index contributed by atoms with van der Waals surface area (Å²) in [5.41, 5.74) is 0.266. The maximum absolute atomic E-state index is 13.0. The molecule has 2 aromatic carbocycles. The van der Waals surface area contributed by atoms with Crippen molar-refractivity contribution in [3.63, 3.8) is 0 Å². The van der Waals surface area contributed by atoms with Gasteiger partial charge in [0.05, 0.1) is 28.1 Å². The summed E-state index contributed by atoms with van der Waals surface area (Å²) in [4.78, 5) is 4.46. The second-order valence-corrected chi connectivity index (χ2v) is 9.08. The molecule has 2 N–H and O–H groups in total. The maximum Gasteiger partial charge on any atom is 0.416 e. The second-order valence-electron chi connectivity index (χ2n) is 6.46. The van der Waals surface area contributed by atoms with E-state index < -0.39 is 21.8 Å². The number of primary sulfonamides is 1. The lowest BCUT2D eigenvalue weighted by Crippen LogP contribution is -2.11. The Morgan fingerprint density at radius 2 is 1.87 bits per heavy atom.